The number of nitrogens with zero attached hydrogens (tertiary/aromatic N) is 2. The minimum Gasteiger partial charge on any atom is -0.355 e. The first-order valence-electron chi connectivity index (χ1n) is 10.8. The molecule has 0 spiro atoms. The average molecular weight is 427 g/mol. The second kappa shape index (κ2) is 10.4. The number of urea groups is 1. The van der Waals surface area contributed by atoms with Crippen molar-refractivity contribution in [1.82, 2.24) is 20.5 Å². The molecule has 0 saturated carbocycles. The average Bonchev–Trinajstić information content (AvgIpc) is 2.75. The zero-order valence-electron chi connectivity index (χ0n) is 18.4. The van der Waals surface area contributed by atoms with Crippen LogP contribution in [0.3, 0.4) is 0 Å². The Labute approximate surface area is 183 Å². The van der Waals surface area contributed by atoms with Gasteiger partial charge in [-0.1, -0.05) is 18.2 Å². The maximum atomic E-state index is 13.8. The van der Waals surface area contributed by atoms with E-state index in [2.05, 4.69) is 15.6 Å². The van der Waals surface area contributed by atoms with E-state index < -0.39 is 0 Å². The van der Waals surface area contributed by atoms with Crippen LogP contribution in [-0.2, 0) is 11.2 Å². The molecule has 1 fully saturated rings. The molecule has 2 aromatic rings. The van der Waals surface area contributed by atoms with E-state index in [1.807, 2.05) is 38.1 Å². The van der Waals surface area contributed by atoms with Crippen LogP contribution in [0.25, 0.3) is 0 Å². The number of amides is 3. The van der Waals surface area contributed by atoms with Gasteiger partial charge in [-0.15, -0.1) is 0 Å². The SMILES string of the molecule is Cc1cc([C@H]2C[C@H](C(=O)NCCc3ccccn3)CN(C(=O)NC(C)C)C2)ccc1F. The first kappa shape index (κ1) is 22.7. The Morgan fingerprint density at radius 2 is 2.03 bits per heavy atom. The minimum atomic E-state index is -0.328. The largest absolute Gasteiger partial charge is 0.355 e. The molecule has 1 aromatic carbocycles. The van der Waals surface area contributed by atoms with Gasteiger partial charge in [0.05, 0.1) is 5.92 Å². The quantitative estimate of drug-likeness (QED) is 0.743. The Morgan fingerprint density at radius 3 is 2.71 bits per heavy atom. The molecular weight excluding hydrogens is 395 g/mol. The van der Waals surface area contributed by atoms with Crippen LogP contribution in [0.4, 0.5) is 9.18 Å². The van der Waals surface area contributed by atoms with Gasteiger partial charge in [0.2, 0.25) is 5.91 Å². The van der Waals surface area contributed by atoms with Crippen molar-refractivity contribution in [3.63, 3.8) is 0 Å². The summed E-state index contributed by atoms with van der Waals surface area (Å²) in [7, 11) is 0. The Hall–Kier alpha value is -2.96. The van der Waals surface area contributed by atoms with Gasteiger partial charge in [-0.2, -0.15) is 0 Å². The number of likely N-dealkylation sites (tertiary alicyclic amines) is 1. The molecule has 31 heavy (non-hydrogen) atoms. The van der Waals surface area contributed by atoms with Crippen LogP contribution in [0.2, 0.25) is 0 Å². The standard InChI is InChI=1S/C24H31FN4O2/c1-16(2)28-24(31)29-14-19(18-7-8-22(25)17(3)12-18)13-20(15-29)23(30)27-11-9-21-6-4-5-10-26-21/h4-8,10,12,16,19-20H,9,11,13-15H2,1-3H3,(H,27,30)(H,28,31)/t19-,20-/m0/s1. The van der Waals surface area contributed by atoms with Crippen molar-refractivity contribution in [1.29, 1.82) is 0 Å². The number of aromatic nitrogens is 1. The molecular formula is C24H31FN4O2. The fourth-order valence-electron chi connectivity index (χ4n) is 3.96. The van der Waals surface area contributed by atoms with Gasteiger partial charge in [0, 0.05) is 49.9 Å². The van der Waals surface area contributed by atoms with E-state index in [-0.39, 0.29) is 35.6 Å². The van der Waals surface area contributed by atoms with Crippen molar-refractivity contribution >= 4 is 11.9 Å². The molecule has 7 heteroatoms. The molecule has 1 aliphatic heterocycles. The third kappa shape index (κ3) is 6.26. The van der Waals surface area contributed by atoms with Crippen LogP contribution in [0, 0.1) is 18.7 Å². The van der Waals surface area contributed by atoms with E-state index >= 15 is 0 Å². The number of halogens is 1. The second-order valence-electron chi connectivity index (χ2n) is 8.51. The van der Waals surface area contributed by atoms with Crippen LogP contribution in [0.5, 0.6) is 0 Å². The third-order valence-corrected chi connectivity index (χ3v) is 5.58. The number of rotatable bonds is 6. The number of benzene rings is 1. The number of pyridine rings is 1. The number of aryl methyl sites for hydroxylation is 1. The van der Waals surface area contributed by atoms with Gasteiger partial charge in [0.1, 0.15) is 5.82 Å². The lowest BCUT2D eigenvalue weighted by atomic mass is 9.83. The van der Waals surface area contributed by atoms with Crippen LogP contribution in [-0.4, -0.2) is 47.5 Å². The summed E-state index contributed by atoms with van der Waals surface area (Å²) >= 11 is 0. The van der Waals surface area contributed by atoms with Crippen molar-refractivity contribution in [2.75, 3.05) is 19.6 Å². The van der Waals surface area contributed by atoms with Crippen LogP contribution in [0.1, 0.15) is 43.0 Å². The highest BCUT2D eigenvalue weighted by Gasteiger charge is 2.34. The molecule has 1 aliphatic rings. The maximum Gasteiger partial charge on any atom is 0.317 e. The maximum absolute atomic E-state index is 13.8. The summed E-state index contributed by atoms with van der Waals surface area (Å²) in [6, 6.07) is 10.6. The van der Waals surface area contributed by atoms with E-state index in [0.717, 1.165) is 11.3 Å². The van der Waals surface area contributed by atoms with E-state index in [4.69, 9.17) is 0 Å². The number of carbonyl (C=O) groups is 2. The number of piperidine rings is 1. The summed E-state index contributed by atoms with van der Waals surface area (Å²) in [6.07, 6.45) is 3.00. The monoisotopic (exact) mass is 426 g/mol. The van der Waals surface area contributed by atoms with E-state index in [9.17, 15) is 14.0 Å². The molecule has 0 aliphatic carbocycles. The summed E-state index contributed by atoms with van der Waals surface area (Å²) in [6.45, 7) is 6.90. The fraction of sp³-hybridized carbons (Fsp3) is 0.458. The predicted molar refractivity (Wildman–Crippen MR) is 118 cm³/mol. The Bertz CT molecular complexity index is 904. The molecule has 1 saturated heterocycles. The van der Waals surface area contributed by atoms with E-state index in [1.54, 1.807) is 24.1 Å². The zero-order valence-corrected chi connectivity index (χ0v) is 18.4. The molecule has 3 amide bonds. The molecule has 3 rings (SSSR count). The Kier molecular flexibility index (Phi) is 7.60. The van der Waals surface area contributed by atoms with Crippen LogP contribution < -0.4 is 10.6 Å². The lowest BCUT2D eigenvalue weighted by Gasteiger charge is -2.38. The van der Waals surface area contributed by atoms with Gasteiger partial charge < -0.3 is 15.5 Å². The van der Waals surface area contributed by atoms with Crippen LogP contribution >= 0.6 is 0 Å². The Morgan fingerprint density at radius 1 is 1.23 bits per heavy atom. The number of carbonyl (C=O) groups excluding carboxylic acids is 2. The summed E-state index contributed by atoms with van der Waals surface area (Å²) in [5.74, 6) is -0.678. The first-order chi connectivity index (χ1) is 14.8. The molecule has 2 atom stereocenters. The normalized spacial score (nSPS) is 18.7. The first-order valence-corrected chi connectivity index (χ1v) is 10.8. The molecule has 2 N–H and O–H groups in total. The summed E-state index contributed by atoms with van der Waals surface area (Å²) in [5, 5.41) is 5.91. The zero-order chi connectivity index (χ0) is 22.4. The number of nitrogens with one attached hydrogen (secondary N) is 2. The van der Waals surface area contributed by atoms with Crippen molar-refractivity contribution < 1.29 is 14.0 Å². The number of hydrogen-bond acceptors (Lipinski definition) is 3. The molecule has 0 unspecified atom stereocenters. The molecule has 2 heterocycles. The van der Waals surface area contributed by atoms with Gasteiger partial charge in [0.15, 0.2) is 0 Å². The smallest absolute Gasteiger partial charge is 0.317 e. The molecule has 0 radical (unpaired) electrons. The highest BCUT2D eigenvalue weighted by Crippen LogP contribution is 2.31. The van der Waals surface area contributed by atoms with Crippen molar-refractivity contribution in [3.8, 4) is 0 Å². The van der Waals surface area contributed by atoms with Crippen molar-refractivity contribution in [2.45, 2.75) is 45.6 Å². The van der Waals surface area contributed by atoms with Crippen molar-refractivity contribution in [2.24, 2.45) is 5.92 Å². The lowest BCUT2D eigenvalue weighted by Crippen LogP contribution is -2.52. The van der Waals surface area contributed by atoms with Gasteiger partial charge in [-0.25, -0.2) is 9.18 Å². The topological polar surface area (TPSA) is 74.3 Å². The molecule has 166 valence electrons. The number of hydrogen-bond donors (Lipinski definition) is 2. The lowest BCUT2D eigenvalue weighted by molar-refractivity contribution is -0.126. The molecule has 0 bridgehead atoms. The Balaban J connectivity index is 1.70. The minimum absolute atomic E-state index is 0.00610. The van der Waals surface area contributed by atoms with Gasteiger partial charge >= 0.3 is 6.03 Å². The van der Waals surface area contributed by atoms with Gasteiger partial charge in [0.25, 0.3) is 0 Å². The van der Waals surface area contributed by atoms with Crippen molar-refractivity contribution in [3.05, 3.63) is 65.2 Å². The summed E-state index contributed by atoms with van der Waals surface area (Å²) < 4.78 is 13.8. The van der Waals surface area contributed by atoms with Gasteiger partial charge in [-0.3, -0.25) is 9.78 Å². The second-order valence-corrected chi connectivity index (χ2v) is 8.51. The van der Waals surface area contributed by atoms with E-state index in [1.165, 1.54) is 6.07 Å². The summed E-state index contributed by atoms with van der Waals surface area (Å²) in [5.41, 5.74) is 2.44. The van der Waals surface area contributed by atoms with Crippen LogP contribution in [0.15, 0.2) is 42.6 Å². The summed E-state index contributed by atoms with van der Waals surface area (Å²) in [4.78, 5) is 31.6. The predicted octanol–water partition coefficient (Wildman–Crippen LogP) is 3.41. The third-order valence-electron chi connectivity index (χ3n) is 5.58. The molecule has 1 aromatic heterocycles. The fourth-order valence-corrected chi connectivity index (χ4v) is 3.96. The highest BCUT2D eigenvalue weighted by atomic mass is 19.1. The van der Waals surface area contributed by atoms with Gasteiger partial charge in [-0.05, 0) is 56.5 Å². The van der Waals surface area contributed by atoms with E-state index in [0.29, 0.717) is 38.0 Å². The highest BCUT2D eigenvalue weighted by molar-refractivity contribution is 5.81. The molecule has 6 nitrogen and oxygen atoms in total.